The van der Waals surface area contributed by atoms with Gasteiger partial charge in [0.25, 0.3) is 0 Å². The highest BCUT2D eigenvalue weighted by molar-refractivity contribution is 7.92. The van der Waals surface area contributed by atoms with Crippen LogP contribution in [0.5, 0.6) is 0 Å². The molecule has 0 aliphatic rings. The molecule has 0 heterocycles. The quantitative estimate of drug-likeness (QED) is 0.775. The zero-order valence-electron chi connectivity index (χ0n) is 12.4. The number of halogens is 1. The molecule has 112 valence electrons. The van der Waals surface area contributed by atoms with Gasteiger partial charge in [0, 0.05) is 0 Å². The summed E-state index contributed by atoms with van der Waals surface area (Å²) in [6.45, 7) is 5.10. The van der Waals surface area contributed by atoms with Crippen molar-refractivity contribution in [3.8, 4) is 0 Å². The third-order valence-corrected chi connectivity index (χ3v) is 6.39. The van der Waals surface area contributed by atoms with Gasteiger partial charge in [-0.3, -0.25) is 0 Å². The van der Waals surface area contributed by atoms with E-state index in [0.717, 1.165) is 11.1 Å². The Labute approximate surface area is 131 Å². The standard InChI is InChI=1S/C17H19ClO2S/c1-17(2,3)21(19,20)15-11-9-14(10-12-15)16(18)13-7-5-4-6-8-13/h4-12,16H,1-3H3. The Hall–Kier alpha value is -1.32. The maximum atomic E-state index is 12.4. The first-order valence-corrected chi connectivity index (χ1v) is 8.69. The number of rotatable bonds is 3. The molecule has 4 heteroatoms. The van der Waals surface area contributed by atoms with Crippen molar-refractivity contribution in [3.05, 3.63) is 65.7 Å². The molecule has 0 radical (unpaired) electrons. The molecular weight excluding hydrogens is 304 g/mol. The van der Waals surface area contributed by atoms with E-state index in [0.29, 0.717) is 4.90 Å². The summed E-state index contributed by atoms with van der Waals surface area (Å²) in [7, 11) is -3.33. The summed E-state index contributed by atoms with van der Waals surface area (Å²) in [5.74, 6) is 0. The predicted molar refractivity (Wildman–Crippen MR) is 87.5 cm³/mol. The van der Waals surface area contributed by atoms with Gasteiger partial charge < -0.3 is 0 Å². The maximum absolute atomic E-state index is 12.4. The summed E-state index contributed by atoms with van der Waals surface area (Å²) in [6, 6.07) is 16.5. The highest BCUT2D eigenvalue weighted by atomic mass is 35.5. The van der Waals surface area contributed by atoms with Crippen molar-refractivity contribution in [2.75, 3.05) is 0 Å². The highest BCUT2D eigenvalue weighted by Crippen LogP contribution is 2.31. The van der Waals surface area contributed by atoms with E-state index in [4.69, 9.17) is 11.6 Å². The SMILES string of the molecule is CC(C)(C)S(=O)(=O)c1ccc(C(Cl)c2ccccc2)cc1. The van der Waals surface area contributed by atoms with Crippen LogP contribution in [0.25, 0.3) is 0 Å². The Morgan fingerprint density at radius 3 is 1.81 bits per heavy atom. The molecule has 21 heavy (non-hydrogen) atoms. The lowest BCUT2D eigenvalue weighted by atomic mass is 10.0. The van der Waals surface area contributed by atoms with E-state index in [1.54, 1.807) is 45.0 Å². The minimum Gasteiger partial charge on any atom is -0.223 e. The number of benzene rings is 2. The molecule has 0 bridgehead atoms. The Morgan fingerprint density at radius 1 is 0.857 bits per heavy atom. The fraction of sp³-hybridized carbons (Fsp3) is 0.294. The molecule has 0 N–H and O–H groups in total. The molecule has 0 fully saturated rings. The zero-order valence-corrected chi connectivity index (χ0v) is 13.9. The van der Waals surface area contributed by atoms with Gasteiger partial charge in [0.15, 0.2) is 9.84 Å². The van der Waals surface area contributed by atoms with Gasteiger partial charge in [0.1, 0.15) is 0 Å². The van der Waals surface area contributed by atoms with Crippen LogP contribution in [0.1, 0.15) is 37.3 Å². The molecule has 2 nitrogen and oxygen atoms in total. The van der Waals surface area contributed by atoms with Gasteiger partial charge in [0.2, 0.25) is 0 Å². The van der Waals surface area contributed by atoms with Gasteiger partial charge in [-0.15, -0.1) is 11.6 Å². The molecular formula is C17H19ClO2S. The van der Waals surface area contributed by atoms with Crippen LogP contribution in [-0.2, 0) is 9.84 Å². The molecule has 2 aromatic carbocycles. The van der Waals surface area contributed by atoms with Crippen molar-refractivity contribution in [1.82, 2.24) is 0 Å². The first-order chi connectivity index (χ1) is 9.73. The highest BCUT2D eigenvalue weighted by Gasteiger charge is 2.30. The topological polar surface area (TPSA) is 34.1 Å². The summed E-state index contributed by atoms with van der Waals surface area (Å²) in [5, 5.41) is -0.280. The second-order valence-corrected chi connectivity index (χ2v) is 9.10. The molecule has 0 saturated carbocycles. The van der Waals surface area contributed by atoms with Gasteiger partial charge in [-0.25, -0.2) is 8.42 Å². The third kappa shape index (κ3) is 3.30. The lowest BCUT2D eigenvalue weighted by Gasteiger charge is -2.19. The number of hydrogen-bond acceptors (Lipinski definition) is 2. The van der Waals surface area contributed by atoms with E-state index < -0.39 is 14.6 Å². The normalized spacial score (nSPS) is 13.9. The molecule has 0 saturated heterocycles. The second kappa shape index (κ2) is 5.82. The first kappa shape index (κ1) is 16.1. The molecule has 0 spiro atoms. The van der Waals surface area contributed by atoms with Gasteiger partial charge in [0.05, 0.1) is 15.0 Å². The van der Waals surface area contributed by atoms with Crippen LogP contribution in [0.4, 0.5) is 0 Å². The van der Waals surface area contributed by atoms with E-state index in [-0.39, 0.29) is 5.38 Å². The molecule has 1 unspecified atom stereocenters. The zero-order chi connectivity index (χ0) is 15.7. The van der Waals surface area contributed by atoms with E-state index in [9.17, 15) is 8.42 Å². The van der Waals surface area contributed by atoms with Crippen LogP contribution < -0.4 is 0 Å². The number of sulfone groups is 1. The van der Waals surface area contributed by atoms with Gasteiger partial charge >= 0.3 is 0 Å². The number of hydrogen-bond donors (Lipinski definition) is 0. The summed E-state index contributed by atoms with van der Waals surface area (Å²) < 4.78 is 23.9. The van der Waals surface area contributed by atoms with E-state index in [1.165, 1.54) is 0 Å². The molecule has 0 aliphatic heterocycles. The van der Waals surface area contributed by atoms with Crippen molar-refractivity contribution in [3.63, 3.8) is 0 Å². The first-order valence-electron chi connectivity index (χ1n) is 6.77. The van der Waals surface area contributed by atoms with Crippen molar-refractivity contribution < 1.29 is 8.42 Å². The summed E-state index contributed by atoms with van der Waals surface area (Å²) >= 11 is 6.44. The smallest absolute Gasteiger partial charge is 0.183 e. The van der Waals surface area contributed by atoms with Crippen molar-refractivity contribution in [2.24, 2.45) is 0 Å². The summed E-state index contributed by atoms with van der Waals surface area (Å²) in [4.78, 5) is 0.329. The van der Waals surface area contributed by atoms with E-state index >= 15 is 0 Å². The van der Waals surface area contributed by atoms with Crippen LogP contribution in [0.3, 0.4) is 0 Å². The number of alkyl halides is 1. The lowest BCUT2D eigenvalue weighted by molar-refractivity contribution is 0.560. The van der Waals surface area contributed by atoms with Crippen LogP contribution >= 0.6 is 11.6 Å². The van der Waals surface area contributed by atoms with Crippen LogP contribution in [0.15, 0.2) is 59.5 Å². The summed E-state index contributed by atoms with van der Waals surface area (Å²) in [6.07, 6.45) is 0. The van der Waals surface area contributed by atoms with Crippen LogP contribution in [0, 0.1) is 0 Å². The lowest BCUT2D eigenvalue weighted by Crippen LogP contribution is -2.27. The molecule has 0 aliphatic carbocycles. The Bertz CT molecular complexity index is 699. The van der Waals surface area contributed by atoms with Crippen LogP contribution in [0.2, 0.25) is 0 Å². The molecule has 2 rings (SSSR count). The molecule has 1 atom stereocenters. The third-order valence-electron chi connectivity index (χ3n) is 3.38. The Kier molecular flexibility index (Phi) is 4.45. The average molecular weight is 323 g/mol. The fourth-order valence-corrected chi connectivity index (χ4v) is 3.48. The molecule has 0 aromatic heterocycles. The Balaban J connectivity index is 2.32. The average Bonchev–Trinajstić information content (AvgIpc) is 2.46. The summed E-state index contributed by atoms with van der Waals surface area (Å²) in [5.41, 5.74) is 1.88. The van der Waals surface area contributed by atoms with Gasteiger partial charge in [-0.05, 0) is 44.0 Å². The van der Waals surface area contributed by atoms with Crippen molar-refractivity contribution in [2.45, 2.75) is 35.8 Å². The van der Waals surface area contributed by atoms with Crippen molar-refractivity contribution >= 4 is 21.4 Å². The monoisotopic (exact) mass is 322 g/mol. The minimum atomic E-state index is -3.33. The largest absolute Gasteiger partial charge is 0.223 e. The predicted octanol–water partition coefficient (Wildman–Crippen LogP) is 4.59. The van der Waals surface area contributed by atoms with Gasteiger partial charge in [-0.2, -0.15) is 0 Å². The minimum absolute atomic E-state index is 0.280. The molecule has 0 amide bonds. The van der Waals surface area contributed by atoms with Gasteiger partial charge in [-0.1, -0.05) is 42.5 Å². The Morgan fingerprint density at radius 2 is 1.33 bits per heavy atom. The molecule has 2 aromatic rings. The maximum Gasteiger partial charge on any atom is 0.183 e. The second-order valence-electron chi connectivity index (χ2n) is 5.96. The van der Waals surface area contributed by atoms with E-state index in [2.05, 4.69) is 0 Å². The fourth-order valence-electron chi connectivity index (χ4n) is 1.98. The van der Waals surface area contributed by atoms with Crippen LogP contribution in [-0.4, -0.2) is 13.2 Å². The van der Waals surface area contributed by atoms with E-state index in [1.807, 2.05) is 30.3 Å². The van der Waals surface area contributed by atoms with Crippen molar-refractivity contribution in [1.29, 1.82) is 0 Å².